The van der Waals surface area contributed by atoms with Gasteiger partial charge in [-0.1, -0.05) is 6.07 Å². The minimum atomic E-state index is -0.457. The van der Waals surface area contributed by atoms with E-state index in [1.165, 1.54) is 17.7 Å². The summed E-state index contributed by atoms with van der Waals surface area (Å²) in [6, 6.07) is 19.3. The highest BCUT2D eigenvalue weighted by Gasteiger charge is 2.10. The van der Waals surface area contributed by atoms with Crippen molar-refractivity contribution < 1.29 is 9.66 Å². The molecule has 4 rings (SSSR count). The van der Waals surface area contributed by atoms with Crippen molar-refractivity contribution >= 4 is 41.1 Å². The van der Waals surface area contributed by atoms with Gasteiger partial charge < -0.3 is 15.4 Å². The van der Waals surface area contributed by atoms with E-state index >= 15 is 0 Å². The van der Waals surface area contributed by atoms with Crippen molar-refractivity contribution in [3.8, 4) is 5.75 Å². The van der Waals surface area contributed by atoms with Crippen molar-refractivity contribution in [1.29, 1.82) is 0 Å². The summed E-state index contributed by atoms with van der Waals surface area (Å²) < 4.78 is 5.16. The third kappa shape index (κ3) is 6.29. The molecule has 4 aromatic rings. The molecule has 36 heavy (non-hydrogen) atoms. The first-order chi connectivity index (χ1) is 17.4. The number of non-ortho nitro benzene ring substituents is 1. The maximum atomic E-state index is 10.9. The average molecular weight is 485 g/mol. The number of nitrogens with one attached hydrogen (secondary N) is 3. The number of methoxy groups -OCH3 is 1. The van der Waals surface area contributed by atoms with Crippen LogP contribution >= 0.6 is 0 Å². The second-order valence-electron chi connectivity index (χ2n) is 7.80. The minimum Gasteiger partial charge on any atom is -0.497 e. The van der Waals surface area contributed by atoms with Crippen LogP contribution in [0.5, 0.6) is 5.75 Å². The number of anilines is 5. The van der Waals surface area contributed by atoms with E-state index in [-0.39, 0.29) is 17.6 Å². The molecule has 0 fully saturated rings. The Bertz CT molecular complexity index is 1390. The Morgan fingerprint density at radius 1 is 0.833 bits per heavy atom. The predicted octanol–water partition coefficient (Wildman–Crippen LogP) is 5.34. The number of nitro benzene ring substituents is 1. The Labute approximate surface area is 207 Å². The van der Waals surface area contributed by atoms with Gasteiger partial charge in [0.25, 0.3) is 5.69 Å². The zero-order valence-corrected chi connectivity index (χ0v) is 19.9. The van der Waals surface area contributed by atoms with E-state index < -0.39 is 4.92 Å². The molecule has 0 atom stereocenters. The van der Waals surface area contributed by atoms with Crippen LogP contribution < -0.4 is 20.8 Å². The van der Waals surface area contributed by atoms with Crippen LogP contribution in [0.1, 0.15) is 16.7 Å². The SMILES string of the molecule is COc1ccc(/C=N\Nc2nc(Nc3ccc([N+](=O)[O-])cc3)nc(Nc3ccc(C)c(C)c3)n2)cc1. The van der Waals surface area contributed by atoms with Gasteiger partial charge in [0.05, 0.1) is 18.2 Å². The van der Waals surface area contributed by atoms with Crippen molar-refractivity contribution in [3.05, 3.63) is 93.5 Å². The fourth-order valence-corrected chi connectivity index (χ4v) is 3.14. The van der Waals surface area contributed by atoms with Crippen LogP contribution in [0.4, 0.5) is 34.9 Å². The second-order valence-corrected chi connectivity index (χ2v) is 7.80. The van der Waals surface area contributed by atoms with E-state index in [0.29, 0.717) is 11.6 Å². The number of hydrogen-bond donors (Lipinski definition) is 3. The lowest BCUT2D eigenvalue weighted by molar-refractivity contribution is -0.384. The molecule has 11 nitrogen and oxygen atoms in total. The normalized spacial score (nSPS) is 10.8. The second kappa shape index (κ2) is 10.9. The van der Waals surface area contributed by atoms with E-state index in [1.807, 2.05) is 56.3 Å². The highest BCUT2D eigenvalue weighted by Crippen LogP contribution is 2.22. The smallest absolute Gasteiger partial charge is 0.269 e. The molecule has 0 unspecified atom stereocenters. The molecule has 0 aliphatic heterocycles. The summed E-state index contributed by atoms with van der Waals surface area (Å²) in [5, 5.41) is 21.4. The number of aryl methyl sites for hydroxylation is 2. The molecule has 0 spiro atoms. The quantitative estimate of drug-likeness (QED) is 0.163. The molecule has 0 radical (unpaired) electrons. The Kier molecular flexibility index (Phi) is 7.30. The third-order valence-electron chi connectivity index (χ3n) is 5.23. The molecule has 0 amide bonds. The molecule has 0 saturated heterocycles. The van der Waals surface area contributed by atoms with Crippen molar-refractivity contribution in [3.63, 3.8) is 0 Å². The van der Waals surface area contributed by atoms with Gasteiger partial charge in [-0.2, -0.15) is 20.1 Å². The van der Waals surface area contributed by atoms with Crippen LogP contribution in [0.2, 0.25) is 0 Å². The fourth-order valence-electron chi connectivity index (χ4n) is 3.14. The summed E-state index contributed by atoms with van der Waals surface area (Å²) in [5.74, 6) is 1.47. The largest absolute Gasteiger partial charge is 0.497 e. The Morgan fingerprint density at radius 2 is 1.44 bits per heavy atom. The van der Waals surface area contributed by atoms with Crippen LogP contribution in [-0.4, -0.2) is 33.2 Å². The van der Waals surface area contributed by atoms with Gasteiger partial charge in [0, 0.05) is 23.5 Å². The summed E-state index contributed by atoms with van der Waals surface area (Å²) in [6.45, 7) is 4.06. The van der Waals surface area contributed by atoms with Crippen molar-refractivity contribution in [1.82, 2.24) is 15.0 Å². The van der Waals surface area contributed by atoms with Crippen LogP contribution in [0.15, 0.2) is 71.8 Å². The fraction of sp³-hybridized carbons (Fsp3) is 0.120. The predicted molar refractivity (Wildman–Crippen MR) is 140 cm³/mol. The zero-order chi connectivity index (χ0) is 25.5. The number of ether oxygens (including phenoxy) is 1. The first-order valence-electron chi connectivity index (χ1n) is 10.9. The van der Waals surface area contributed by atoms with Gasteiger partial charge in [0.15, 0.2) is 0 Å². The van der Waals surface area contributed by atoms with E-state index in [0.717, 1.165) is 22.6 Å². The standard InChI is InChI=1S/C25H24N8O3/c1-16-4-7-20(14-17(16)2)28-24-29-23(27-19-8-10-21(11-9-19)33(34)35)30-25(31-24)32-26-15-18-5-12-22(36-3)13-6-18/h4-15H,1-3H3,(H3,27,28,29,30,31,32)/b26-15-. The minimum absolute atomic E-state index is 0.0106. The molecule has 0 aliphatic rings. The zero-order valence-electron chi connectivity index (χ0n) is 19.9. The highest BCUT2D eigenvalue weighted by atomic mass is 16.6. The summed E-state index contributed by atoms with van der Waals surface area (Å²) >= 11 is 0. The number of benzene rings is 3. The topological polar surface area (TPSA) is 139 Å². The number of hydrogen-bond acceptors (Lipinski definition) is 10. The Hall–Kier alpha value is -5.06. The molecule has 11 heteroatoms. The molecule has 3 N–H and O–H groups in total. The van der Waals surface area contributed by atoms with Gasteiger partial charge in [-0.25, -0.2) is 5.43 Å². The molecular formula is C25H24N8O3. The van der Waals surface area contributed by atoms with Gasteiger partial charge in [-0.15, -0.1) is 0 Å². The van der Waals surface area contributed by atoms with E-state index in [2.05, 4.69) is 36.1 Å². The van der Waals surface area contributed by atoms with Gasteiger partial charge in [0.1, 0.15) is 5.75 Å². The number of aromatic nitrogens is 3. The molecule has 1 aromatic heterocycles. The molecule has 0 saturated carbocycles. The maximum Gasteiger partial charge on any atom is 0.269 e. The van der Waals surface area contributed by atoms with E-state index in [1.54, 1.807) is 25.5 Å². The van der Waals surface area contributed by atoms with Gasteiger partial charge in [-0.3, -0.25) is 10.1 Å². The summed E-state index contributed by atoms with van der Waals surface area (Å²) in [7, 11) is 1.61. The molecular weight excluding hydrogens is 460 g/mol. The number of nitro groups is 1. The van der Waals surface area contributed by atoms with Crippen molar-refractivity contribution in [2.24, 2.45) is 5.10 Å². The summed E-state index contributed by atoms with van der Waals surface area (Å²) in [5.41, 5.74) is 7.37. The number of nitrogens with zero attached hydrogens (tertiary/aromatic N) is 5. The van der Waals surface area contributed by atoms with Gasteiger partial charge in [0.2, 0.25) is 17.8 Å². The van der Waals surface area contributed by atoms with Crippen LogP contribution in [0.25, 0.3) is 0 Å². The number of rotatable bonds is 9. The highest BCUT2D eigenvalue weighted by molar-refractivity contribution is 5.80. The Morgan fingerprint density at radius 3 is 2.06 bits per heavy atom. The van der Waals surface area contributed by atoms with Gasteiger partial charge >= 0.3 is 0 Å². The lowest BCUT2D eigenvalue weighted by atomic mass is 10.1. The lowest BCUT2D eigenvalue weighted by Gasteiger charge is -2.11. The molecule has 1 heterocycles. The molecule has 182 valence electrons. The summed E-state index contributed by atoms with van der Waals surface area (Å²) in [6.07, 6.45) is 1.63. The van der Waals surface area contributed by atoms with Crippen molar-refractivity contribution in [2.45, 2.75) is 13.8 Å². The first-order valence-corrected chi connectivity index (χ1v) is 10.9. The van der Waals surface area contributed by atoms with Crippen LogP contribution in [0.3, 0.4) is 0 Å². The van der Waals surface area contributed by atoms with Crippen LogP contribution in [0, 0.1) is 24.0 Å². The van der Waals surface area contributed by atoms with Gasteiger partial charge in [-0.05, 0) is 79.1 Å². The van der Waals surface area contributed by atoms with E-state index in [4.69, 9.17) is 4.74 Å². The molecule has 0 bridgehead atoms. The third-order valence-corrected chi connectivity index (χ3v) is 5.23. The van der Waals surface area contributed by atoms with E-state index in [9.17, 15) is 10.1 Å². The number of hydrazone groups is 1. The lowest BCUT2D eigenvalue weighted by Crippen LogP contribution is -2.07. The average Bonchev–Trinajstić information content (AvgIpc) is 2.87. The monoisotopic (exact) mass is 484 g/mol. The van der Waals surface area contributed by atoms with Crippen molar-refractivity contribution in [2.75, 3.05) is 23.2 Å². The maximum absolute atomic E-state index is 10.9. The molecule has 0 aliphatic carbocycles. The Balaban J connectivity index is 1.58. The molecule has 3 aromatic carbocycles. The summed E-state index contributed by atoms with van der Waals surface area (Å²) in [4.78, 5) is 23.7. The van der Waals surface area contributed by atoms with Crippen LogP contribution in [-0.2, 0) is 0 Å². The first kappa shape index (κ1) is 24.1.